The molecule has 0 saturated carbocycles. The van der Waals surface area contributed by atoms with Crippen molar-refractivity contribution in [2.24, 2.45) is 5.73 Å². The largest absolute Gasteiger partial charge is 0.449 e. The van der Waals surface area contributed by atoms with E-state index in [-0.39, 0.29) is 16.2 Å². The summed E-state index contributed by atoms with van der Waals surface area (Å²) in [4.78, 5) is 24.9. The number of ether oxygens (including phenoxy) is 1. The Labute approximate surface area is 215 Å². The molecule has 3 N–H and O–H groups in total. The lowest BCUT2D eigenvalue weighted by atomic mass is 10.1. The van der Waals surface area contributed by atoms with Gasteiger partial charge in [0.15, 0.2) is 4.90 Å². The van der Waals surface area contributed by atoms with Gasteiger partial charge in [-0.15, -0.1) is 0 Å². The number of sulfone groups is 1. The third-order valence-corrected chi connectivity index (χ3v) is 7.94. The molecule has 1 saturated heterocycles. The zero-order chi connectivity index (χ0) is 26.4. The molecule has 1 amide bonds. The third-order valence-electron chi connectivity index (χ3n) is 6.14. The number of hydrogen-bond donors (Lipinski definition) is 2. The molecule has 0 bridgehead atoms. The van der Waals surface area contributed by atoms with Crippen LogP contribution in [0.1, 0.15) is 29.6 Å². The molecule has 0 radical (unpaired) electrons. The fraction of sp³-hybridized carbons (Fsp3) is 0.269. The van der Waals surface area contributed by atoms with Crippen LogP contribution in [0.25, 0.3) is 0 Å². The molecule has 10 nitrogen and oxygen atoms in total. The highest BCUT2D eigenvalue weighted by molar-refractivity contribution is 7.91. The van der Waals surface area contributed by atoms with Crippen molar-refractivity contribution in [3.05, 3.63) is 82.4 Å². The summed E-state index contributed by atoms with van der Waals surface area (Å²) in [6.45, 7) is 4.02. The highest BCUT2D eigenvalue weighted by Gasteiger charge is 2.35. The number of carbonyl (C=O) groups is 1. The van der Waals surface area contributed by atoms with Crippen LogP contribution in [-0.2, 0) is 9.84 Å². The van der Waals surface area contributed by atoms with Crippen molar-refractivity contribution >= 4 is 27.1 Å². The van der Waals surface area contributed by atoms with Gasteiger partial charge in [0.05, 0.1) is 15.4 Å². The van der Waals surface area contributed by atoms with Crippen LogP contribution in [0.5, 0.6) is 11.5 Å². The SMILES string of the molecule is NC(=O)c1ccc(S(=O)(=O)c2ccc(NCCCN3CCCC3)cc2)c([N+](=O)[O-])c1Oc1ccccc1. The summed E-state index contributed by atoms with van der Waals surface area (Å²) in [6.07, 6.45) is 3.45. The number of para-hydroxylation sites is 1. The monoisotopic (exact) mass is 524 g/mol. The van der Waals surface area contributed by atoms with E-state index in [0.29, 0.717) is 0 Å². The minimum atomic E-state index is -4.33. The van der Waals surface area contributed by atoms with Gasteiger partial charge in [0.25, 0.3) is 5.91 Å². The van der Waals surface area contributed by atoms with Gasteiger partial charge in [-0.05, 0) is 87.4 Å². The molecule has 37 heavy (non-hydrogen) atoms. The summed E-state index contributed by atoms with van der Waals surface area (Å²) >= 11 is 0. The molecule has 0 spiro atoms. The van der Waals surface area contributed by atoms with Gasteiger partial charge in [0.2, 0.25) is 15.6 Å². The first kappa shape index (κ1) is 26.1. The highest BCUT2D eigenvalue weighted by Crippen LogP contribution is 2.41. The van der Waals surface area contributed by atoms with Crippen LogP contribution in [0.15, 0.2) is 76.5 Å². The summed E-state index contributed by atoms with van der Waals surface area (Å²) in [5.41, 5.74) is 4.99. The minimum Gasteiger partial charge on any atom is -0.449 e. The van der Waals surface area contributed by atoms with Crippen LogP contribution in [0.4, 0.5) is 11.4 Å². The number of carbonyl (C=O) groups excluding carboxylic acids is 1. The number of anilines is 1. The van der Waals surface area contributed by atoms with Crippen molar-refractivity contribution < 1.29 is 22.9 Å². The maximum Gasteiger partial charge on any atom is 0.331 e. The molecule has 1 fully saturated rings. The number of nitro benzene ring substituents is 1. The Kier molecular flexibility index (Phi) is 8.04. The van der Waals surface area contributed by atoms with Crippen molar-refractivity contribution in [3.63, 3.8) is 0 Å². The van der Waals surface area contributed by atoms with Gasteiger partial charge in [0.1, 0.15) is 5.75 Å². The first-order valence-corrected chi connectivity index (χ1v) is 13.4. The summed E-state index contributed by atoms with van der Waals surface area (Å²) in [6, 6.07) is 16.2. The van der Waals surface area contributed by atoms with Gasteiger partial charge in [-0.25, -0.2) is 8.42 Å². The fourth-order valence-electron chi connectivity index (χ4n) is 4.27. The lowest BCUT2D eigenvalue weighted by molar-refractivity contribution is -0.388. The molecule has 0 unspecified atom stereocenters. The molecular formula is C26H28N4O6S. The maximum atomic E-state index is 13.5. The van der Waals surface area contributed by atoms with E-state index in [1.807, 2.05) is 0 Å². The molecule has 0 aromatic heterocycles. The van der Waals surface area contributed by atoms with Gasteiger partial charge in [-0.2, -0.15) is 0 Å². The second-order valence-corrected chi connectivity index (χ2v) is 10.6. The average Bonchev–Trinajstić information content (AvgIpc) is 3.40. The molecule has 3 aromatic rings. The van der Waals surface area contributed by atoms with Crippen molar-refractivity contribution in [3.8, 4) is 11.5 Å². The molecule has 11 heteroatoms. The number of likely N-dealkylation sites (tertiary alicyclic amines) is 1. The Morgan fingerprint density at radius 2 is 1.70 bits per heavy atom. The molecule has 1 heterocycles. The second kappa shape index (κ2) is 11.4. The number of nitrogens with zero attached hydrogens (tertiary/aromatic N) is 2. The predicted octanol–water partition coefficient (Wildman–Crippen LogP) is 4.22. The first-order chi connectivity index (χ1) is 17.8. The van der Waals surface area contributed by atoms with Crippen LogP contribution in [0, 0.1) is 10.1 Å². The molecule has 0 atom stereocenters. The molecule has 1 aliphatic heterocycles. The Hall–Kier alpha value is -3.96. The molecule has 0 aliphatic carbocycles. The summed E-state index contributed by atoms with van der Waals surface area (Å²) < 4.78 is 32.5. The van der Waals surface area contributed by atoms with Gasteiger partial charge in [-0.1, -0.05) is 18.2 Å². The highest BCUT2D eigenvalue weighted by atomic mass is 32.2. The Balaban J connectivity index is 1.60. The normalized spacial score (nSPS) is 13.8. The van der Waals surface area contributed by atoms with E-state index in [4.69, 9.17) is 10.5 Å². The van der Waals surface area contributed by atoms with Crippen LogP contribution >= 0.6 is 0 Å². The number of nitro groups is 1. The Morgan fingerprint density at radius 1 is 1.03 bits per heavy atom. The van der Waals surface area contributed by atoms with E-state index < -0.39 is 37.0 Å². The van der Waals surface area contributed by atoms with Crippen LogP contribution in [-0.4, -0.2) is 50.3 Å². The topological polar surface area (TPSA) is 145 Å². The molecule has 1 aliphatic rings. The van der Waals surface area contributed by atoms with E-state index in [1.165, 1.54) is 37.1 Å². The number of amides is 1. The summed E-state index contributed by atoms with van der Waals surface area (Å²) in [5.74, 6) is -1.33. The van der Waals surface area contributed by atoms with Gasteiger partial charge in [-0.3, -0.25) is 14.9 Å². The van der Waals surface area contributed by atoms with Crippen molar-refractivity contribution in [2.45, 2.75) is 29.1 Å². The number of nitrogens with two attached hydrogens (primary N) is 1. The van der Waals surface area contributed by atoms with E-state index in [2.05, 4.69) is 10.2 Å². The van der Waals surface area contributed by atoms with Crippen molar-refractivity contribution in [1.82, 2.24) is 4.90 Å². The molecule has 194 valence electrons. The van der Waals surface area contributed by atoms with E-state index in [1.54, 1.807) is 30.3 Å². The van der Waals surface area contributed by atoms with Crippen molar-refractivity contribution in [1.29, 1.82) is 0 Å². The minimum absolute atomic E-state index is 0.129. The van der Waals surface area contributed by atoms with Crippen molar-refractivity contribution in [2.75, 3.05) is 31.5 Å². The van der Waals surface area contributed by atoms with Gasteiger partial charge in [0, 0.05) is 12.2 Å². The number of rotatable bonds is 11. The third kappa shape index (κ3) is 6.07. The summed E-state index contributed by atoms with van der Waals surface area (Å²) in [5, 5.41) is 15.3. The van der Waals surface area contributed by atoms with E-state index >= 15 is 0 Å². The lowest BCUT2D eigenvalue weighted by Crippen LogP contribution is -2.22. The van der Waals surface area contributed by atoms with Crippen LogP contribution in [0.3, 0.4) is 0 Å². The molecule has 3 aromatic carbocycles. The summed E-state index contributed by atoms with van der Waals surface area (Å²) in [7, 11) is -4.33. The van der Waals surface area contributed by atoms with Gasteiger partial charge < -0.3 is 20.7 Å². The fourth-order valence-corrected chi connectivity index (χ4v) is 5.68. The first-order valence-electron chi connectivity index (χ1n) is 11.9. The maximum absolute atomic E-state index is 13.5. The number of hydrogen-bond acceptors (Lipinski definition) is 8. The van der Waals surface area contributed by atoms with Crippen LogP contribution in [0.2, 0.25) is 0 Å². The zero-order valence-corrected chi connectivity index (χ0v) is 20.9. The zero-order valence-electron chi connectivity index (χ0n) is 20.1. The second-order valence-electron chi connectivity index (χ2n) is 8.68. The quantitative estimate of drug-likeness (QED) is 0.215. The predicted molar refractivity (Wildman–Crippen MR) is 139 cm³/mol. The van der Waals surface area contributed by atoms with E-state index in [0.717, 1.165) is 50.4 Å². The Morgan fingerprint density at radius 3 is 2.32 bits per heavy atom. The van der Waals surface area contributed by atoms with Crippen LogP contribution < -0.4 is 15.8 Å². The average molecular weight is 525 g/mol. The smallest absolute Gasteiger partial charge is 0.331 e. The van der Waals surface area contributed by atoms with E-state index in [9.17, 15) is 23.3 Å². The number of primary amides is 1. The molecular weight excluding hydrogens is 496 g/mol. The lowest BCUT2D eigenvalue weighted by Gasteiger charge is -2.15. The van der Waals surface area contributed by atoms with Gasteiger partial charge >= 0.3 is 5.69 Å². The molecule has 4 rings (SSSR count). The Bertz CT molecular complexity index is 1370. The number of nitrogens with one attached hydrogen (secondary N) is 1. The number of benzene rings is 3. The standard InChI is InChI=1S/C26H28N4O6S/c27-26(31)22-13-14-23(24(30(32)33)25(22)36-20-7-2-1-3-8-20)37(34,35)21-11-9-19(10-12-21)28-15-6-18-29-16-4-5-17-29/h1-3,7-14,28H,4-6,15-18H2,(H2,27,31).